The Morgan fingerprint density at radius 1 is 1.20 bits per heavy atom. The topological polar surface area (TPSA) is 246 Å². The maximum atomic E-state index is 12.5. The molecule has 2 aliphatic heterocycles. The van der Waals surface area contributed by atoms with E-state index in [-0.39, 0.29) is 12.0 Å². The summed E-state index contributed by atoms with van der Waals surface area (Å²) in [6, 6.07) is -0.956. The van der Waals surface area contributed by atoms with Gasteiger partial charge in [-0.2, -0.15) is 4.31 Å². The van der Waals surface area contributed by atoms with E-state index in [1.807, 2.05) is 0 Å². The number of hydrogen-bond acceptors (Lipinski definition) is 14. The summed E-state index contributed by atoms with van der Waals surface area (Å²) >= 11 is 0. The van der Waals surface area contributed by atoms with E-state index in [0.717, 1.165) is 11.5 Å². The Kier molecular flexibility index (Phi) is 10.3. The molecule has 18 nitrogen and oxygen atoms in total. The lowest BCUT2D eigenvalue weighted by Crippen LogP contribution is -2.63. The van der Waals surface area contributed by atoms with Gasteiger partial charge >= 0.3 is 27.3 Å². The molecule has 0 aliphatic carbocycles. The van der Waals surface area contributed by atoms with Crippen LogP contribution in [0.4, 0.5) is 0 Å². The molecule has 0 bridgehead atoms. The zero-order valence-corrected chi connectivity index (χ0v) is 24.0. The van der Waals surface area contributed by atoms with Gasteiger partial charge in [0.1, 0.15) is 24.5 Å². The average molecular weight is 617 g/mol. The zero-order chi connectivity index (χ0) is 30.2. The van der Waals surface area contributed by atoms with Gasteiger partial charge in [-0.25, -0.2) is 13.9 Å². The molecule has 2 unspecified atom stereocenters. The Balaban J connectivity index is 1.62. The number of nitrogens with one attached hydrogen (secondary N) is 1. The van der Waals surface area contributed by atoms with Crippen molar-refractivity contribution in [2.75, 3.05) is 20.7 Å². The normalized spacial score (nSPS) is 33.9. The van der Waals surface area contributed by atoms with Gasteiger partial charge in [0.05, 0.1) is 24.9 Å². The SMILES string of the molecule is CC(=O)O[C@@H]1[C@H](N(C)C)[C@@H](O)[C@@H](OP(=O)(O)OP(=O)(O)OC[C@H]2O[C@@H](n3cc(C)c(=O)[nH]c3=O)C[C@@H]2O)O[C@@H]1C. The first-order valence-electron chi connectivity index (χ1n) is 11.9. The predicted molar refractivity (Wildman–Crippen MR) is 132 cm³/mol. The van der Waals surface area contributed by atoms with Crippen molar-refractivity contribution in [3.05, 3.63) is 32.6 Å². The molecule has 20 heteroatoms. The van der Waals surface area contributed by atoms with Crippen LogP contribution in [0.3, 0.4) is 0 Å². The molecule has 0 radical (unpaired) electrons. The smallest absolute Gasteiger partial charge is 0.458 e. The molecular weight excluding hydrogens is 584 g/mol. The third kappa shape index (κ3) is 7.94. The number of esters is 1. The number of hydrogen-bond donors (Lipinski definition) is 5. The number of aromatic nitrogens is 2. The van der Waals surface area contributed by atoms with Crippen LogP contribution in [0.2, 0.25) is 0 Å². The molecule has 5 N–H and O–H groups in total. The van der Waals surface area contributed by atoms with Crippen LogP contribution in [0.15, 0.2) is 15.8 Å². The molecule has 3 rings (SSSR count). The van der Waals surface area contributed by atoms with E-state index >= 15 is 0 Å². The van der Waals surface area contributed by atoms with Gasteiger partial charge < -0.3 is 39.1 Å². The Morgan fingerprint density at radius 2 is 1.85 bits per heavy atom. The number of carbonyl (C=O) groups excluding carboxylic acids is 1. The minimum absolute atomic E-state index is 0.145. The van der Waals surface area contributed by atoms with E-state index in [1.165, 1.54) is 24.9 Å². The largest absolute Gasteiger partial charge is 0.483 e. The number of aliphatic hydroxyl groups is 2. The predicted octanol–water partition coefficient (Wildman–Crippen LogP) is -1.29. The summed E-state index contributed by atoms with van der Waals surface area (Å²) in [7, 11) is -7.69. The molecule has 3 heterocycles. The van der Waals surface area contributed by atoms with Gasteiger partial charge in [-0.3, -0.25) is 28.2 Å². The number of H-pyrrole nitrogens is 1. The van der Waals surface area contributed by atoms with Crippen molar-refractivity contribution in [3.63, 3.8) is 0 Å². The van der Waals surface area contributed by atoms with Crippen molar-refractivity contribution < 1.29 is 61.5 Å². The van der Waals surface area contributed by atoms with Crippen LogP contribution in [0.5, 0.6) is 0 Å². The van der Waals surface area contributed by atoms with Gasteiger partial charge in [-0.05, 0) is 27.9 Å². The first kappa shape index (κ1) is 32.7. The van der Waals surface area contributed by atoms with E-state index in [9.17, 15) is 43.5 Å². The summed E-state index contributed by atoms with van der Waals surface area (Å²) in [5.74, 6) is -0.656. The minimum Gasteiger partial charge on any atom is -0.458 e. The molecule has 2 fully saturated rings. The lowest BCUT2D eigenvalue weighted by Gasteiger charge is -2.45. The van der Waals surface area contributed by atoms with E-state index in [0.29, 0.717) is 0 Å². The highest BCUT2D eigenvalue weighted by Gasteiger charge is 2.50. The summed E-state index contributed by atoms with van der Waals surface area (Å²) in [6.45, 7) is 3.25. The van der Waals surface area contributed by atoms with Crippen LogP contribution in [-0.2, 0) is 41.5 Å². The van der Waals surface area contributed by atoms with Gasteiger partial charge in [-0.15, -0.1) is 0 Å². The van der Waals surface area contributed by atoms with Crippen molar-refractivity contribution >= 4 is 21.6 Å². The zero-order valence-electron chi connectivity index (χ0n) is 22.2. The molecule has 0 saturated carbocycles. The summed E-state index contributed by atoms with van der Waals surface area (Å²) < 4.78 is 55.9. The number of aromatic amines is 1. The highest BCUT2D eigenvalue weighted by molar-refractivity contribution is 7.61. The summed E-state index contributed by atoms with van der Waals surface area (Å²) in [5, 5.41) is 21.0. The molecular formula is C20H33N3O15P2. The minimum atomic E-state index is -5.44. The van der Waals surface area contributed by atoms with Gasteiger partial charge in [0.25, 0.3) is 5.56 Å². The number of carbonyl (C=O) groups is 1. The van der Waals surface area contributed by atoms with Crippen molar-refractivity contribution in [1.29, 1.82) is 0 Å². The van der Waals surface area contributed by atoms with Crippen molar-refractivity contribution in [2.45, 2.75) is 76.3 Å². The third-order valence-corrected chi connectivity index (χ3v) is 8.78. The quantitative estimate of drug-likeness (QED) is 0.151. The Labute approximate surface area is 227 Å². The highest BCUT2D eigenvalue weighted by Crippen LogP contribution is 2.61. The maximum absolute atomic E-state index is 12.5. The van der Waals surface area contributed by atoms with Gasteiger partial charge in [0, 0.05) is 25.1 Å². The fraction of sp³-hybridized carbons (Fsp3) is 0.750. The monoisotopic (exact) mass is 617 g/mol. The number of phosphoric acid groups is 2. The van der Waals surface area contributed by atoms with E-state index in [2.05, 4.69) is 9.29 Å². The number of nitrogens with zero attached hydrogens (tertiary/aromatic N) is 2. The number of rotatable bonds is 10. The second-order valence-electron chi connectivity index (χ2n) is 9.56. The van der Waals surface area contributed by atoms with E-state index in [4.69, 9.17) is 23.3 Å². The number of likely N-dealkylation sites (N-methyl/N-ethyl adjacent to an activating group) is 1. The summed E-state index contributed by atoms with van der Waals surface area (Å²) in [5.41, 5.74) is -1.21. The second kappa shape index (κ2) is 12.6. The third-order valence-electron chi connectivity index (χ3n) is 6.18. The van der Waals surface area contributed by atoms with Crippen LogP contribution >= 0.6 is 15.6 Å². The Morgan fingerprint density at radius 3 is 2.45 bits per heavy atom. The molecule has 10 atom stereocenters. The van der Waals surface area contributed by atoms with Crippen LogP contribution in [0.1, 0.15) is 32.1 Å². The Hall–Kier alpha value is -1.79. The lowest BCUT2D eigenvalue weighted by molar-refractivity contribution is -0.261. The fourth-order valence-electron chi connectivity index (χ4n) is 4.35. The first-order valence-corrected chi connectivity index (χ1v) is 14.9. The van der Waals surface area contributed by atoms with Crippen LogP contribution in [0, 0.1) is 6.92 Å². The van der Waals surface area contributed by atoms with Crippen LogP contribution in [0.25, 0.3) is 0 Å². The van der Waals surface area contributed by atoms with Crippen molar-refractivity contribution in [3.8, 4) is 0 Å². The molecule has 228 valence electrons. The molecule has 2 saturated heterocycles. The van der Waals surface area contributed by atoms with Crippen LogP contribution < -0.4 is 11.2 Å². The number of aliphatic hydroxyl groups excluding tert-OH is 2. The molecule has 2 aliphatic rings. The van der Waals surface area contributed by atoms with Gasteiger partial charge in [0.2, 0.25) is 0 Å². The highest BCUT2D eigenvalue weighted by atomic mass is 31.3. The standard InChI is InChI=1S/C20H33N3O15P2/c1-9-7-23(20(28)21-18(9)27)14-6-12(25)13(36-14)8-33-39(29,30)38-40(31,32)37-19-16(26)15(22(4)5)17(10(2)34-19)35-11(3)24/h7,10,12-17,19,25-26H,6,8H2,1-5H3,(H,29,30)(H,31,32)(H,21,27,28)/t10-,12+,13-,14-,15-,16-,17+,19-/m1/s1. The molecule has 0 aromatic carbocycles. The molecule has 40 heavy (non-hydrogen) atoms. The molecule has 0 amide bonds. The van der Waals surface area contributed by atoms with E-state index in [1.54, 1.807) is 14.1 Å². The number of aryl methyl sites for hydroxylation is 1. The van der Waals surface area contributed by atoms with Crippen LogP contribution in [-0.4, -0.2) is 104 Å². The number of ether oxygens (including phenoxy) is 3. The molecule has 1 aromatic rings. The Bertz CT molecular complexity index is 1280. The van der Waals surface area contributed by atoms with Crippen molar-refractivity contribution in [2.24, 2.45) is 0 Å². The van der Waals surface area contributed by atoms with Gasteiger partial charge in [-0.1, -0.05) is 0 Å². The van der Waals surface area contributed by atoms with Crippen molar-refractivity contribution in [1.82, 2.24) is 14.5 Å². The first-order chi connectivity index (χ1) is 18.4. The second-order valence-corrected chi connectivity index (χ2v) is 12.6. The molecule has 1 aromatic heterocycles. The van der Waals surface area contributed by atoms with Gasteiger partial charge in [0.15, 0.2) is 6.29 Å². The fourth-order valence-corrected chi connectivity index (χ4v) is 6.51. The van der Waals surface area contributed by atoms with E-state index < -0.39 is 88.6 Å². The number of phosphoric ester groups is 2. The summed E-state index contributed by atoms with van der Waals surface area (Å²) in [4.78, 5) is 58.8. The lowest BCUT2D eigenvalue weighted by atomic mass is 9.96. The maximum Gasteiger partial charge on any atom is 0.483 e. The molecule has 0 spiro atoms. The summed E-state index contributed by atoms with van der Waals surface area (Å²) in [6.07, 6.45) is -7.96. The average Bonchev–Trinajstić information content (AvgIpc) is 3.17.